The summed E-state index contributed by atoms with van der Waals surface area (Å²) >= 11 is 0. The minimum absolute atomic E-state index is 0.143. The van der Waals surface area contributed by atoms with Crippen LogP contribution in [0.3, 0.4) is 0 Å². The minimum atomic E-state index is -0.758. The Bertz CT molecular complexity index is 908. The van der Waals surface area contributed by atoms with Gasteiger partial charge >= 0.3 is 6.16 Å². The maximum absolute atomic E-state index is 12.7. The lowest BCUT2D eigenvalue weighted by atomic mass is 10.1. The highest BCUT2D eigenvalue weighted by molar-refractivity contribution is 5.69. The van der Waals surface area contributed by atoms with Crippen LogP contribution in [-0.4, -0.2) is 31.9 Å². The summed E-state index contributed by atoms with van der Waals surface area (Å²) in [6.07, 6.45) is 5.24. The predicted octanol–water partition coefficient (Wildman–Crippen LogP) is 6.58. The molecule has 0 amide bonds. The van der Waals surface area contributed by atoms with Gasteiger partial charge < -0.3 is 28.4 Å². The number of ether oxygens (including phenoxy) is 6. The molecule has 7 nitrogen and oxygen atoms in total. The van der Waals surface area contributed by atoms with E-state index in [0.717, 1.165) is 85.1 Å². The molecular weight excluding hydrogens is 460 g/mol. The van der Waals surface area contributed by atoms with E-state index in [9.17, 15) is 4.79 Å². The van der Waals surface area contributed by atoms with E-state index >= 15 is 0 Å². The molecule has 2 unspecified atom stereocenters. The Labute approximate surface area is 214 Å². The summed E-state index contributed by atoms with van der Waals surface area (Å²) < 4.78 is 34.3. The van der Waals surface area contributed by atoms with Crippen molar-refractivity contribution < 1.29 is 33.2 Å². The van der Waals surface area contributed by atoms with E-state index in [1.54, 1.807) is 0 Å². The number of carbonyl (C=O) groups is 1. The lowest BCUT2D eigenvalue weighted by molar-refractivity contribution is -0.169. The van der Waals surface area contributed by atoms with Crippen molar-refractivity contribution in [2.24, 2.45) is 0 Å². The Morgan fingerprint density at radius 1 is 0.694 bits per heavy atom. The second kappa shape index (κ2) is 12.7. The first-order valence-corrected chi connectivity index (χ1v) is 13.0. The normalized spacial score (nSPS) is 20.2. The van der Waals surface area contributed by atoms with Gasteiger partial charge in [-0.3, -0.25) is 0 Å². The van der Waals surface area contributed by atoms with Crippen molar-refractivity contribution >= 4 is 6.16 Å². The van der Waals surface area contributed by atoms with Crippen LogP contribution in [0, 0.1) is 27.7 Å². The van der Waals surface area contributed by atoms with E-state index in [1.807, 2.05) is 52.0 Å². The molecule has 2 saturated heterocycles. The maximum Gasteiger partial charge on any atom is 0.519 e. The fourth-order valence-corrected chi connectivity index (χ4v) is 4.82. The van der Waals surface area contributed by atoms with Crippen molar-refractivity contribution in [3.05, 3.63) is 57.6 Å². The van der Waals surface area contributed by atoms with Crippen LogP contribution in [0.25, 0.3) is 0 Å². The van der Waals surface area contributed by atoms with Crippen LogP contribution in [-0.2, 0) is 32.2 Å². The first-order valence-electron chi connectivity index (χ1n) is 13.0. The lowest BCUT2D eigenvalue weighted by Crippen LogP contribution is -2.22. The third kappa shape index (κ3) is 7.29. The second-order valence-corrected chi connectivity index (χ2v) is 9.79. The molecular formula is C29H38O7. The van der Waals surface area contributed by atoms with Gasteiger partial charge in [0, 0.05) is 13.2 Å². The smallest absolute Gasteiger partial charge is 0.394 e. The first-order chi connectivity index (χ1) is 17.4. The summed E-state index contributed by atoms with van der Waals surface area (Å²) in [5.74, 6) is 1.01. The minimum Gasteiger partial charge on any atom is -0.394 e. The van der Waals surface area contributed by atoms with Crippen LogP contribution in [0.15, 0.2) is 24.3 Å². The summed E-state index contributed by atoms with van der Waals surface area (Å²) in [6.45, 7) is 10.1. The maximum atomic E-state index is 12.7. The summed E-state index contributed by atoms with van der Waals surface area (Å²) in [4.78, 5) is 12.7. The van der Waals surface area contributed by atoms with Crippen molar-refractivity contribution in [3.63, 3.8) is 0 Å². The number of benzene rings is 2. The quantitative estimate of drug-likeness (QED) is 0.300. The van der Waals surface area contributed by atoms with E-state index in [-0.39, 0.29) is 12.6 Å². The topological polar surface area (TPSA) is 72.5 Å². The van der Waals surface area contributed by atoms with E-state index < -0.39 is 6.16 Å². The van der Waals surface area contributed by atoms with Crippen LogP contribution >= 0.6 is 0 Å². The molecule has 196 valence electrons. The Morgan fingerprint density at radius 3 is 1.42 bits per heavy atom. The third-order valence-electron chi connectivity index (χ3n) is 6.56. The molecule has 0 saturated carbocycles. The van der Waals surface area contributed by atoms with Gasteiger partial charge in [0.05, 0.1) is 13.2 Å². The molecule has 2 aromatic carbocycles. The van der Waals surface area contributed by atoms with Crippen LogP contribution in [0.2, 0.25) is 0 Å². The highest BCUT2D eigenvalue weighted by Crippen LogP contribution is 2.29. The molecule has 4 rings (SSSR count). The van der Waals surface area contributed by atoms with Gasteiger partial charge in [-0.15, -0.1) is 0 Å². The highest BCUT2D eigenvalue weighted by atomic mass is 16.7. The fraction of sp³-hybridized carbons (Fsp3) is 0.552. The molecule has 2 heterocycles. The molecule has 0 aromatic heterocycles. The van der Waals surface area contributed by atoms with E-state index in [4.69, 9.17) is 28.4 Å². The molecule has 2 aromatic rings. The molecule has 2 aliphatic heterocycles. The second-order valence-electron chi connectivity index (χ2n) is 9.79. The summed E-state index contributed by atoms with van der Waals surface area (Å²) in [6, 6.07) is 7.89. The molecule has 7 heteroatoms. The van der Waals surface area contributed by atoms with Crippen LogP contribution < -0.4 is 9.47 Å². The van der Waals surface area contributed by atoms with Gasteiger partial charge in [-0.05, 0) is 99.6 Å². The highest BCUT2D eigenvalue weighted by Gasteiger charge is 2.19. The van der Waals surface area contributed by atoms with Crippen LogP contribution in [0.1, 0.15) is 71.9 Å². The number of hydrogen-bond donors (Lipinski definition) is 0. The molecule has 0 N–H and O–H groups in total. The standard InChI is InChI=1S/C29H38O7/c1-19-13-23(17-33-25-9-5-7-11-31-25)14-20(2)27(19)35-29(30)36-28-21(3)15-24(16-22(28)4)18-34-26-10-6-8-12-32-26/h13-16,25-26H,5-12,17-18H2,1-4H3. The Balaban J connectivity index is 1.34. The van der Waals surface area contributed by atoms with Crippen molar-refractivity contribution in [3.8, 4) is 11.5 Å². The number of hydrogen-bond acceptors (Lipinski definition) is 7. The molecule has 2 aliphatic rings. The molecule has 36 heavy (non-hydrogen) atoms. The predicted molar refractivity (Wildman–Crippen MR) is 135 cm³/mol. The Kier molecular flexibility index (Phi) is 9.37. The lowest BCUT2D eigenvalue weighted by Gasteiger charge is -2.23. The summed E-state index contributed by atoms with van der Waals surface area (Å²) in [5, 5.41) is 0. The van der Waals surface area contributed by atoms with Crippen molar-refractivity contribution in [2.75, 3.05) is 13.2 Å². The van der Waals surface area contributed by atoms with Gasteiger partial charge in [0.25, 0.3) is 0 Å². The molecule has 0 radical (unpaired) electrons. The molecule has 0 spiro atoms. The average molecular weight is 499 g/mol. The van der Waals surface area contributed by atoms with Gasteiger partial charge in [0.15, 0.2) is 12.6 Å². The molecule has 0 aliphatic carbocycles. The fourth-order valence-electron chi connectivity index (χ4n) is 4.82. The average Bonchev–Trinajstić information content (AvgIpc) is 2.87. The number of aryl methyl sites for hydroxylation is 4. The zero-order valence-electron chi connectivity index (χ0n) is 21.9. The molecule has 2 fully saturated rings. The number of rotatable bonds is 8. The van der Waals surface area contributed by atoms with Gasteiger partial charge in [-0.1, -0.05) is 24.3 Å². The van der Waals surface area contributed by atoms with E-state index in [0.29, 0.717) is 24.7 Å². The monoisotopic (exact) mass is 498 g/mol. The Morgan fingerprint density at radius 2 is 1.08 bits per heavy atom. The van der Waals surface area contributed by atoms with Gasteiger partial charge in [-0.25, -0.2) is 4.79 Å². The third-order valence-corrected chi connectivity index (χ3v) is 6.56. The SMILES string of the molecule is Cc1cc(COC2CCCCO2)cc(C)c1OC(=O)Oc1c(C)cc(COC2CCCCO2)cc1C. The van der Waals surface area contributed by atoms with Crippen molar-refractivity contribution in [2.45, 2.75) is 92.0 Å². The van der Waals surface area contributed by atoms with Gasteiger partial charge in [-0.2, -0.15) is 0 Å². The van der Waals surface area contributed by atoms with E-state index in [2.05, 4.69) is 0 Å². The zero-order chi connectivity index (χ0) is 25.5. The van der Waals surface area contributed by atoms with E-state index in [1.165, 1.54) is 0 Å². The number of carbonyl (C=O) groups excluding carboxylic acids is 1. The van der Waals surface area contributed by atoms with Crippen molar-refractivity contribution in [1.82, 2.24) is 0 Å². The summed E-state index contributed by atoms with van der Waals surface area (Å²) in [5.41, 5.74) is 5.43. The zero-order valence-corrected chi connectivity index (χ0v) is 21.9. The van der Waals surface area contributed by atoms with Gasteiger partial charge in [0.1, 0.15) is 11.5 Å². The molecule has 0 bridgehead atoms. The van der Waals surface area contributed by atoms with Crippen LogP contribution in [0.4, 0.5) is 4.79 Å². The summed E-state index contributed by atoms with van der Waals surface area (Å²) in [7, 11) is 0. The first kappa shape index (κ1) is 26.6. The van der Waals surface area contributed by atoms with Crippen LogP contribution in [0.5, 0.6) is 11.5 Å². The largest absolute Gasteiger partial charge is 0.519 e. The molecule has 2 atom stereocenters. The van der Waals surface area contributed by atoms with Gasteiger partial charge in [0.2, 0.25) is 0 Å². The van der Waals surface area contributed by atoms with Crippen molar-refractivity contribution in [1.29, 1.82) is 0 Å². The Hall–Kier alpha value is -2.45.